The van der Waals surface area contributed by atoms with Gasteiger partial charge in [-0.15, -0.1) is 24.0 Å². The smallest absolute Gasteiger partial charge is 0.191 e. The number of ether oxygens (including phenoxy) is 1. The molecule has 0 aliphatic carbocycles. The van der Waals surface area contributed by atoms with Gasteiger partial charge in [0.25, 0.3) is 0 Å². The Morgan fingerprint density at radius 2 is 1.82 bits per heavy atom. The van der Waals surface area contributed by atoms with Crippen LogP contribution in [0.5, 0.6) is 0 Å². The van der Waals surface area contributed by atoms with E-state index in [4.69, 9.17) is 4.74 Å². The molecule has 0 radical (unpaired) electrons. The Labute approximate surface area is 151 Å². The van der Waals surface area contributed by atoms with Gasteiger partial charge in [-0.2, -0.15) is 0 Å². The van der Waals surface area contributed by atoms with Crippen LogP contribution in [0, 0.1) is 0 Å². The molecule has 0 aliphatic rings. The SMILES string of the molecule is CCCCOCCCN=C(NCC)NCCn1cccc1.I. The molecule has 1 aromatic rings. The number of aliphatic imine (C=N–C) groups is 1. The molecule has 1 rings (SSSR count). The number of aromatic nitrogens is 1. The van der Waals surface area contributed by atoms with Crippen LogP contribution in [-0.2, 0) is 11.3 Å². The first-order chi connectivity index (χ1) is 10.4. The summed E-state index contributed by atoms with van der Waals surface area (Å²) in [7, 11) is 0. The van der Waals surface area contributed by atoms with Gasteiger partial charge in [-0.1, -0.05) is 13.3 Å². The van der Waals surface area contributed by atoms with Crippen molar-refractivity contribution in [2.75, 3.05) is 32.8 Å². The molecular formula is C16H31IN4O. The van der Waals surface area contributed by atoms with Gasteiger partial charge in [0.15, 0.2) is 5.96 Å². The lowest BCUT2D eigenvalue weighted by molar-refractivity contribution is 0.130. The Kier molecular flexibility index (Phi) is 14.6. The van der Waals surface area contributed by atoms with Gasteiger partial charge < -0.3 is 19.9 Å². The van der Waals surface area contributed by atoms with E-state index in [2.05, 4.69) is 46.4 Å². The minimum absolute atomic E-state index is 0. The highest BCUT2D eigenvalue weighted by Gasteiger charge is 1.96. The number of nitrogens with zero attached hydrogens (tertiary/aromatic N) is 2. The summed E-state index contributed by atoms with van der Waals surface area (Å²) < 4.78 is 7.68. The molecule has 0 aromatic carbocycles. The third-order valence-corrected chi connectivity index (χ3v) is 3.03. The van der Waals surface area contributed by atoms with E-state index in [1.54, 1.807) is 0 Å². The van der Waals surface area contributed by atoms with Crippen molar-refractivity contribution >= 4 is 29.9 Å². The second-order valence-electron chi connectivity index (χ2n) is 4.93. The van der Waals surface area contributed by atoms with Gasteiger partial charge >= 0.3 is 0 Å². The normalized spacial score (nSPS) is 11.1. The van der Waals surface area contributed by atoms with Gasteiger partial charge in [-0.05, 0) is 31.9 Å². The van der Waals surface area contributed by atoms with E-state index in [0.29, 0.717) is 0 Å². The zero-order chi connectivity index (χ0) is 15.2. The highest BCUT2D eigenvalue weighted by atomic mass is 127. The van der Waals surface area contributed by atoms with Crippen molar-refractivity contribution in [2.24, 2.45) is 4.99 Å². The Bertz CT molecular complexity index is 368. The second-order valence-corrected chi connectivity index (χ2v) is 4.93. The molecule has 0 fully saturated rings. The highest BCUT2D eigenvalue weighted by molar-refractivity contribution is 14.0. The molecule has 0 saturated carbocycles. The fourth-order valence-corrected chi connectivity index (χ4v) is 1.87. The van der Waals surface area contributed by atoms with E-state index in [0.717, 1.165) is 58.2 Å². The van der Waals surface area contributed by atoms with Crippen molar-refractivity contribution in [3.05, 3.63) is 24.5 Å². The third kappa shape index (κ3) is 10.9. The van der Waals surface area contributed by atoms with E-state index in [1.165, 1.54) is 6.42 Å². The molecular weight excluding hydrogens is 391 g/mol. The lowest BCUT2D eigenvalue weighted by atomic mass is 10.4. The minimum Gasteiger partial charge on any atom is -0.381 e. The first-order valence-electron chi connectivity index (χ1n) is 8.07. The van der Waals surface area contributed by atoms with Crippen LogP contribution in [0.3, 0.4) is 0 Å². The summed E-state index contributed by atoms with van der Waals surface area (Å²) in [5.41, 5.74) is 0. The van der Waals surface area contributed by atoms with Crippen LogP contribution in [0.2, 0.25) is 0 Å². The van der Waals surface area contributed by atoms with Crippen molar-refractivity contribution in [1.82, 2.24) is 15.2 Å². The Hall–Kier alpha value is -0.760. The lowest BCUT2D eigenvalue weighted by Gasteiger charge is -2.11. The maximum Gasteiger partial charge on any atom is 0.191 e. The molecule has 0 spiro atoms. The van der Waals surface area contributed by atoms with Crippen LogP contribution in [0.15, 0.2) is 29.5 Å². The fourth-order valence-electron chi connectivity index (χ4n) is 1.87. The monoisotopic (exact) mass is 422 g/mol. The van der Waals surface area contributed by atoms with Crippen molar-refractivity contribution in [3.63, 3.8) is 0 Å². The summed E-state index contributed by atoms with van der Waals surface area (Å²) in [4.78, 5) is 4.56. The minimum atomic E-state index is 0. The first kappa shape index (κ1) is 21.2. The zero-order valence-electron chi connectivity index (χ0n) is 13.9. The van der Waals surface area contributed by atoms with E-state index >= 15 is 0 Å². The molecule has 0 saturated heterocycles. The van der Waals surface area contributed by atoms with Gasteiger partial charge in [-0.25, -0.2) is 0 Å². The van der Waals surface area contributed by atoms with Crippen molar-refractivity contribution in [3.8, 4) is 0 Å². The molecule has 0 unspecified atom stereocenters. The molecule has 1 aromatic heterocycles. The molecule has 0 aliphatic heterocycles. The number of guanidine groups is 1. The summed E-state index contributed by atoms with van der Waals surface area (Å²) in [6.07, 6.45) is 7.44. The molecule has 0 atom stereocenters. The number of rotatable bonds is 11. The summed E-state index contributed by atoms with van der Waals surface area (Å²) in [5, 5.41) is 6.61. The first-order valence-corrected chi connectivity index (χ1v) is 8.07. The van der Waals surface area contributed by atoms with Crippen LogP contribution in [0.25, 0.3) is 0 Å². The topological polar surface area (TPSA) is 50.6 Å². The van der Waals surface area contributed by atoms with Crippen molar-refractivity contribution < 1.29 is 4.74 Å². The van der Waals surface area contributed by atoms with Gasteiger partial charge in [0.1, 0.15) is 0 Å². The van der Waals surface area contributed by atoms with E-state index in [9.17, 15) is 0 Å². The number of halogens is 1. The molecule has 0 amide bonds. The van der Waals surface area contributed by atoms with Gasteiger partial charge in [0.05, 0.1) is 0 Å². The van der Waals surface area contributed by atoms with Crippen LogP contribution in [0.4, 0.5) is 0 Å². The van der Waals surface area contributed by atoms with Crippen LogP contribution in [-0.4, -0.2) is 43.4 Å². The maximum absolute atomic E-state index is 5.53. The summed E-state index contributed by atoms with van der Waals surface area (Å²) in [5.74, 6) is 0.887. The Morgan fingerprint density at radius 1 is 1.09 bits per heavy atom. The summed E-state index contributed by atoms with van der Waals surface area (Å²) in [6.45, 7) is 9.41. The molecule has 0 bridgehead atoms. The fraction of sp³-hybridized carbons (Fsp3) is 0.688. The molecule has 5 nitrogen and oxygen atoms in total. The van der Waals surface area contributed by atoms with E-state index in [-0.39, 0.29) is 24.0 Å². The number of unbranched alkanes of at least 4 members (excludes halogenated alkanes) is 1. The molecule has 22 heavy (non-hydrogen) atoms. The average Bonchev–Trinajstić information content (AvgIpc) is 2.99. The molecule has 6 heteroatoms. The van der Waals surface area contributed by atoms with Crippen LogP contribution >= 0.6 is 24.0 Å². The largest absolute Gasteiger partial charge is 0.381 e. The van der Waals surface area contributed by atoms with Gasteiger partial charge in [0, 0.05) is 51.8 Å². The Balaban J connectivity index is 0.00000441. The highest BCUT2D eigenvalue weighted by Crippen LogP contribution is 1.91. The average molecular weight is 422 g/mol. The van der Waals surface area contributed by atoms with E-state index in [1.807, 2.05) is 12.1 Å². The zero-order valence-corrected chi connectivity index (χ0v) is 16.2. The van der Waals surface area contributed by atoms with Crippen molar-refractivity contribution in [1.29, 1.82) is 0 Å². The number of nitrogens with one attached hydrogen (secondary N) is 2. The molecule has 1 heterocycles. The third-order valence-electron chi connectivity index (χ3n) is 3.03. The number of hydrogen-bond donors (Lipinski definition) is 2. The van der Waals surface area contributed by atoms with E-state index < -0.39 is 0 Å². The second kappa shape index (κ2) is 15.1. The Morgan fingerprint density at radius 3 is 2.50 bits per heavy atom. The molecule has 2 N–H and O–H groups in total. The van der Waals surface area contributed by atoms with Crippen molar-refractivity contribution in [2.45, 2.75) is 39.7 Å². The predicted octanol–water partition coefficient (Wildman–Crippen LogP) is 2.87. The summed E-state index contributed by atoms with van der Waals surface area (Å²) >= 11 is 0. The van der Waals surface area contributed by atoms with Crippen LogP contribution < -0.4 is 10.6 Å². The standard InChI is InChI=1S/C16H30N4O.HI/c1-3-5-14-21-15-8-9-18-16(17-4-2)19-10-13-20-11-6-7-12-20;/h6-7,11-12H,3-5,8-10,13-15H2,1-2H3,(H2,17,18,19);1H. The van der Waals surface area contributed by atoms with Gasteiger partial charge in [0.2, 0.25) is 0 Å². The quantitative estimate of drug-likeness (QED) is 0.250. The number of hydrogen-bond acceptors (Lipinski definition) is 2. The van der Waals surface area contributed by atoms with Gasteiger partial charge in [-0.3, -0.25) is 4.99 Å². The van der Waals surface area contributed by atoms with Crippen LogP contribution in [0.1, 0.15) is 33.1 Å². The maximum atomic E-state index is 5.53. The summed E-state index contributed by atoms with van der Waals surface area (Å²) in [6, 6.07) is 4.08. The predicted molar refractivity (Wildman–Crippen MR) is 104 cm³/mol. The molecule has 128 valence electrons. The lowest BCUT2D eigenvalue weighted by Crippen LogP contribution is -2.38.